The van der Waals surface area contributed by atoms with Crippen molar-refractivity contribution in [2.75, 3.05) is 0 Å². The molecule has 1 fully saturated rings. The van der Waals surface area contributed by atoms with Crippen molar-refractivity contribution in [1.29, 1.82) is 0 Å². The van der Waals surface area contributed by atoms with E-state index < -0.39 is 0 Å². The topological polar surface area (TPSA) is 65.2 Å². The molecule has 1 heterocycles. The smallest absolute Gasteiger partial charge is 0.309 e. The molecule has 2 aromatic rings. The summed E-state index contributed by atoms with van der Waals surface area (Å²) < 4.78 is 10.2. The highest BCUT2D eigenvalue weighted by Gasteiger charge is 2.40. The summed E-state index contributed by atoms with van der Waals surface area (Å²) in [6.07, 6.45) is 0.899. The SMILES string of the molecule is C[C@H]1C[C@@H]1C(=O)OCc1nc(-c2cccc(Cl)c2)no1. The summed E-state index contributed by atoms with van der Waals surface area (Å²) in [5, 5.41) is 4.44. The number of aromatic nitrogens is 2. The lowest BCUT2D eigenvalue weighted by Crippen LogP contribution is -2.07. The highest BCUT2D eigenvalue weighted by Crippen LogP contribution is 2.38. The van der Waals surface area contributed by atoms with E-state index in [0.717, 1.165) is 12.0 Å². The van der Waals surface area contributed by atoms with E-state index in [0.29, 0.717) is 16.8 Å². The molecule has 1 aliphatic carbocycles. The van der Waals surface area contributed by atoms with Crippen molar-refractivity contribution in [3.8, 4) is 11.4 Å². The Bertz CT molecular complexity index is 641. The summed E-state index contributed by atoms with van der Waals surface area (Å²) in [6.45, 7) is 2.03. The van der Waals surface area contributed by atoms with Gasteiger partial charge in [-0.15, -0.1) is 0 Å². The maximum absolute atomic E-state index is 11.6. The summed E-state index contributed by atoms with van der Waals surface area (Å²) >= 11 is 5.90. The molecule has 104 valence electrons. The lowest BCUT2D eigenvalue weighted by molar-refractivity contribution is -0.147. The number of ether oxygens (including phenoxy) is 1. The molecule has 0 spiro atoms. The molecule has 0 amide bonds. The maximum atomic E-state index is 11.6. The van der Waals surface area contributed by atoms with Gasteiger partial charge in [-0.3, -0.25) is 4.79 Å². The largest absolute Gasteiger partial charge is 0.455 e. The highest BCUT2D eigenvalue weighted by molar-refractivity contribution is 6.30. The van der Waals surface area contributed by atoms with Crippen molar-refractivity contribution in [3.05, 3.63) is 35.2 Å². The molecule has 0 saturated heterocycles. The molecule has 2 atom stereocenters. The zero-order chi connectivity index (χ0) is 14.1. The Morgan fingerprint density at radius 1 is 1.55 bits per heavy atom. The summed E-state index contributed by atoms with van der Waals surface area (Å²) in [7, 11) is 0. The van der Waals surface area contributed by atoms with Crippen LogP contribution in [0.25, 0.3) is 11.4 Å². The number of rotatable bonds is 4. The molecule has 6 heteroatoms. The monoisotopic (exact) mass is 292 g/mol. The third-order valence-corrected chi connectivity index (χ3v) is 3.54. The molecule has 20 heavy (non-hydrogen) atoms. The van der Waals surface area contributed by atoms with Crippen LogP contribution in [-0.4, -0.2) is 16.1 Å². The lowest BCUT2D eigenvalue weighted by Gasteiger charge is -1.99. The Balaban J connectivity index is 1.63. The van der Waals surface area contributed by atoms with Crippen molar-refractivity contribution >= 4 is 17.6 Å². The van der Waals surface area contributed by atoms with Crippen LogP contribution in [0.2, 0.25) is 5.02 Å². The predicted octanol–water partition coefficient (Wildman–Crippen LogP) is 3.09. The molecule has 1 aromatic heterocycles. The van der Waals surface area contributed by atoms with Crippen molar-refractivity contribution < 1.29 is 14.1 Å². The third-order valence-electron chi connectivity index (χ3n) is 3.30. The standard InChI is InChI=1S/C14H13ClN2O3/c1-8-5-11(8)14(18)19-7-12-16-13(17-20-12)9-3-2-4-10(15)6-9/h2-4,6,8,11H,5,7H2,1H3/t8-,11-/m0/s1. The second kappa shape index (κ2) is 5.25. The van der Waals surface area contributed by atoms with Gasteiger partial charge in [-0.1, -0.05) is 35.8 Å². The van der Waals surface area contributed by atoms with Crippen molar-refractivity contribution in [2.45, 2.75) is 20.0 Å². The van der Waals surface area contributed by atoms with Gasteiger partial charge < -0.3 is 9.26 Å². The average molecular weight is 293 g/mol. The lowest BCUT2D eigenvalue weighted by atomic mass is 10.2. The van der Waals surface area contributed by atoms with E-state index in [9.17, 15) is 4.79 Å². The van der Waals surface area contributed by atoms with Gasteiger partial charge in [0.05, 0.1) is 5.92 Å². The Labute approximate surface area is 120 Å². The van der Waals surface area contributed by atoms with Crippen LogP contribution in [-0.2, 0) is 16.1 Å². The quantitative estimate of drug-likeness (QED) is 0.810. The van der Waals surface area contributed by atoms with Gasteiger partial charge in [0.25, 0.3) is 5.89 Å². The summed E-state index contributed by atoms with van der Waals surface area (Å²) in [4.78, 5) is 15.8. The fraction of sp³-hybridized carbons (Fsp3) is 0.357. The molecule has 5 nitrogen and oxygen atoms in total. The second-order valence-electron chi connectivity index (χ2n) is 4.95. The molecule has 0 unspecified atom stereocenters. The average Bonchev–Trinajstić information content (AvgIpc) is 2.99. The third kappa shape index (κ3) is 2.82. The first-order chi connectivity index (χ1) is 9.63. The molecular weight excluding hydrogens is 280 g/mol. The fourth-order valence-electron chi connectivity index (χ4n) is 1.95. The zero-order valence-electron chi connectivity index (χ0n) is 10.9. The Hall–Kier alpha value is -1.88. The number of hydrogen-bond donors (Lipinski definition) is 0. The van der Waals surface area contributed by atoms with Crippen LogP contribution in [0.3, 0.4) is 0 Å². The van der Waals surface area contributed by atoms with Crippen molar-refractivity contribution in [2.24, 2.45) is 11.8 Å². The van der Waals surface area contributed by atoms with Crippen molar-refractivity contribution in [3.63, 3.8) is 0 Å². The summed E-state index contributed by atoms with van der Waals surface area (Å²) in [6, 6.07) is 7.15. The van der Waals surface area contributed by atoms with E-state index >= 15 is 0 Å². The minimum atomic E-state index is -0.194. The Morgan fingerprint density at radius 2 is 2.35 bits per heavy atom. The van der Waals surface area contributed by atoms with Gasteiger partial charge in [-0.2, -0.15) is 4.98 Å². The first kappa shape index (κ1) is 13.1. The van der Waals surface area contributed by atoms with Crippen LogP contribution >= 0.6 is 11.6 Å². The second-order valence-corrected chi connectivity index (χ2v) is 5.39. The Morgan fingerprint density at radius 3 is 3.05 bits per heavy atom. The van der Waals surface area contributed by atoms with Crippen LogP contribution in [0.15, 0.2) is 28.8 Å². The van der Waals surface area contributed by atoms with Crippen LogP contribution in [0, 0.1) is 11.8 Å². The van der Waals surface area contributed by atoms with Crippen LogP contribution in [0.1, 0.15) is 19.2 Å². The van der Waals surface area contributed by atoms with Gasteiger partial charge in [0, 0.05) is 10.6 Å². The Kier molecular flexibility index (Phi) is 3.44. The molecule has 0 bridgehead atoms. The number of carbonyl (C=O) groups excluding carboxylic acids is 1. The van der Waals surface area contributed by atoms with Gasteiger partial charge in [0.2, 0.25) is 5.82 Å². The van der Waals surface area contributed by atoms with Gasteiger partial charge in [-0.25, -0.2) is 0 Å². The number of halogens is 1. The minimum Gasteiger partial charge on any atom is -0.455 e. The fourth-order valence-corrected chi connectivity index (χ4v) is 2.14. The number of carbonyl (C=O) groups is 1. The molecule has 1 saturated carbocycles. The van der Waals surface area contributed by atoms with E-state index in [1.807, 2.05) is 19.1 Å². The number of benzene rings is 1. The molecule has 0 radical (unpaired) electrons. The van der Waals surface area contributed by atoms with Crippen LogP contribution in [0.5, 0.6) is 0 Å². The van der Waals surface area contributed by atoms with E-state index in [-0.39, 0.29) is 24.4 Å². The maximum Gasteiger partial charge on any atom is 0.309 e. The van der Waals surface area contributed by atoms with E-state index in [1.54, 1.807) is 12.1 Å². The molecule has 1 aliphatic rings. The zero-order valence-corrected chi connectivity index (χ0v) is 11.6. The van der Waals surface area contributed by atoms with Gasteiger partial charge >= 0.3 is 5.97 Å². The summed E-state index contributed by atoms with van der Waals surface area (Å²) in [5.41, 5.74) is 0.759. The van der Waals surface area contributed by atoms with Crippen molar-refractivity contribution in [1.82, 2.24) is 10.1 Å². The molecular formula is C14H13ClN2O3. The number of hydrogen-bond acceptors (Lipinski definition) is 5. The molecule has 3 rings (SSSR count). The summed E-state index contributed by atoms with van der Waals surface area (Å²) in [5.74, 6) is 0.970. The number of nitrogens with zero attached hydrogens (tertiary/aromatic N) is 2. The van der Waals surface area contributed by atoms with E-state index in [1.165, 1.54) is 0 Å². The van der Waals surface area contributed by atoms with Gasteiger partial charge in [-0.05, 0) is 24.5 Å². The van der Waals surface area contributed by atoms with Gasteiger partial charge in [0.1, 0.15) is 0 Å². The normalized spacial score (nSPS) is 20.7. The first-order valence-corrected chi connectivity index (χ1v) is 6.76. The van der Waals surface area contributed by atoms with Gasteiger partial charge in [0.15, 0.2) is 6.61 Å². The highest BCUT2D eigenvalue weighted by atomic mass is 35.5. The molecule has 1 aromatic carbocycles. The van der Waals surface area contributed by atoms with E-state index in [2.05, 4.69) is 10.1 Å². The first-order valence-electron chi connectivity index (χ1n) is 6.38. The van der Waals surface area contributed by atoms with Crippen LogP contribution in [0.4, 0.5) is 0 Å². The minimum absolute atomic E-state index is 0.00954. The van der Waals surface area contributed by atoms with E-state index in [4.69, 9.17) is 20.9 Å². The van der Waals surface area contributed by atoms with Crippen LogP contribution < -0.4 is 0 Å². The molecule has 0 aliphatic heterocycles. The predicted molar refractivity (Wildman–Crippen MR) is 71.8 cm³/mol. The number of esters is 1. The molecule has 0 N–H and O–H groups in total.